The Morgan fingerprint density at radius 1 is 0.915 bits per heavy atom. The molecule has 3 aromatic rings. The molecule has 0 radical (unpaired) electrons. The van der Waals surface area contributed by atoms with Crippen molar-refractivity contribution in [3.8, 4) is 16.9 Å². The van der Waals surface area contributed by atoms with Gasteiger partial charge in [0, 0.05) is 69.7 Å². The van der Waals surface area contributed by atoms with Gasteiger partial charge < -0.3 is 34.0 Å². The van der Waals surface area contributed by atoms with Gasteiger partial charge in [-0.05, 0) is 54.8 Å². The van der Waals surface area contributed by atoms with Gasteiger partial charge in [-0.15, -0.1) is 0 Å². The molecule has 3 aliphatic rings. The molecule has 1 N–H and O–H groups in total. The second kappa shape index (κ2) is 14.3. The largest absolute Gasteiger partial charge is 0.478 e. The summed E-state index contributed by atoms with van der Waals surface area (Å²) < 4.78 is 17.1. The van der Waals surface area contributed by atoms with Crippen LogP contribution in [0.2, 0.25) is 10.0 Å². The lowest BCUT2D eigenvalue weighted by Gasteiger charge is -2.36. The number of hydrogen-bond donors (Lipinski definition) is 1. The van der Waals surface area contributed by atoms with E-state index in [0.717, 1.165) is 66.2 Å². The zero-order valence-electron chi connectivity index (χ0n) is 27.0. The lowest BCUT2D eigenvalue weighted by molar-refractivity contribution is 0.0516. The number of piperazine rings is 1. The van der Waals surface area contributed by atoms with Crippen molar-refractivity contribution in [2.75, 3.05) is 89.3 Å². The third-order valence-corrected chi connectivity index (χ3v) is 9.84. The number of nitrogens with zero attached hydrogens (tertiary/aromatic N) is 4. The molecule has 3 aliphatic heterocycles. The van der Waals surface area contributed by atoms with E-state index in [2.05, 4.69) is 14.7 Å². The maximum Gasteiger partial charge on any atom is 0.337 e. The van der Waals surface area contributed by atoms with Gasteiger partial charge in [0.05, 0.1) is 53.2 Å². The Hall–Kier alpha value is -3.54. The second-order valence-corrected chi connectivity index (χ2v) is 13.0. The molecule has 47 heavy (non-hydrogen) atoms. The van der Waals surface area contributed by atoms with E-state index < -0.39 is 5.97 Å². The fourth-order valence-corrected chi connectivity index (χ4v) is 7.27. The Morgan fingerprint density at radius 2 is 1.62 bits per heavy atom. The SMILES string of the molecule is COCCN1CCN(c2cc(Cl)c(C(=O)N3COc4c(ccc(C)c4-c4cc(N5CCOCC5)c(C(=O)O)cc4C)C3)c(Cl)c2)CC1. The number of aromatic carboxylic acids is 1. The minimum Gasteiger partial charge on any atom is -0.478 e. The fourth-order valence-electron chi connectivity index (χ4n) is 6.63. The number of morpholine rings is 1. The van der Waals surface area contributed by atoms with E-state index in [1.807, 2.05) is 44.2 Å². The van der Waals surface area contributed by atoms with Gasteiger partial charge in [-0.3, -0.25) is 9.69 Å². The number of amides is 1. The van der Waals surface area contributed by atoms with Gasteiger partial charge in [0.25, 0.3) is 5.91 Å². The number of carbonyl (C=O) groups is 2. The predicted molar refractivity (Wildman–Crippen MR) is 184 cm³/mol. The summed E-state index contributed by atoms with van der Waals surface area (Å²) in [7, 11) is 1.71. The molecule has 10 nitrogen and oxygen atoms in total. The molecule has 3 heterocycles. The van der Waals surface area contributed by atoms with E-state index in [0.29, 0.717) is 60.9 Å². The van der Waals surface area contributed by atoms with Crippen LogP contribution in [-0.2, 0) is 16.0 Å². The predicted octanol–water partition coefficient (Wildman–Crippen LogP) is 5.57. The highest BCUT2D eigenvalue weighted by atomic mass is 35.5. The average molecular weight is 684 g/mol. The van der Waals surface area contributed by atoms with E-state index >= 15 is 0 Å². The molecule has 0 unspecified atom stereocenters. The van der Waals surface area contributed by atoms with E-state index in [1.165, 1.54) is 0 Å². The summed E-state index contributed by atoms with van der Waals surface area (Å²) >= 11 is 13.5. The number of rotatable bonds is 8. The molecule has 2 saturated heterocycles. The first-order chi connectivity index (χ1) is 22.7. The van der Waals surface area contributed by atoms with Crippen molar-refractivity contribution in [3.05, 3.63) is 74.3 Å². The number of benzene rings is 3. The number of aryl methyl sites for hydroxylation is 2. The summed E-state index contributed by atoms with van der Waals surface area (Å²) in [4.78, 5) is 34.3. The van der Waals surface area contributed by atoms with Gasteiger partial charge in [0.2, 0.25) is 0 Å². The molecule has 3 aromatic carbocycles. The topological polar surface area (TPSA) is 95.0 Å². The molecule has 0 aromatic heterocycles. The molecule has 6 rings (SSSR count). The molecule has 12 heteroatoms. The Morgan fingerprint density at radius 3 is 2.28 bits per heavy atom. The van der Waals surface area contributed by atoms with E-state index in [9.17, 15) is 14.7 Å². The number of anilines is 2. The minimum atomic E-state index is -0.968. The lowest BCUT2D eigenvalue weighted by Crippen LogP contribution is -2.47. The molecular weight excluding hydrogens is 643 g/mol. The van der Waals surface area contributed by atoms with E-state index in [4.69, 9.17) is 37.4 Å². The van der Waals surface area contributed by atoms with Crippen molar-refractivity contribution in [3.63, 3.8) is 0 Å². The van der Waals surface area contributed by atoms with Crippen molar-refractivity contribution in [2.45, 2.75) is 20.4 Å². The van der Waals surface area contributed by atoms with Crippen LogP contribution in [0, 0.1) is 13.8 Å². The Bertz CT molecular complexity index is 1650. The number of ether oxygens (including phenoxy) is 3. The molecule has 0 aliphatic carbocycles. The van der Waals surface area contributed by atoms with Gasteiger partial charge in [-0.25, -0.2) is 4.79 Å². The van der Waals surface area contributed by atoms with Crippen LogP contribution in [0.5, 0.6) is 5.75 Å². The van der Waals surface area contributed by atoms with Crippen LogP contribution < -0.4 is 14.5 Å². The molecule has 0 saturated carbocycles. The first-order valence-electron chi connectivity index (χ1n) is 15.9. The van der Waals surface area contributed by atoms with Gasteiger partial charge in [0.1, 0.15) is 5.75 Å². The second-order valence-electron chi connectivity index (χ2n) is 12.2. The number of methoxy groups -OCH3 is 1. The van der Waals surface area contributed by atoms with Crippen LogP contribution in [0.3, 0.4) is 0 Å². The highest BCUT2D eigenvalue weighted by Gasteiger charge is 2.30. The van der Waals surface area contributed by atoms with Gasteiger partial charge in [-0.2, -0.15) is 0 Å². The van der Waals surface area contributed by atoms with E-state index in [-0.39, 0.29) is 23.8 Å². The first kappa shape index (κ1) is 33.4. The van der Waals surface area contributed by atoms with Crippen molar-refractivity contribution in [2.24, 2.45) is 0 Å². The summed E-state index contributed by atoms with van der Waals surface area (Å²) in [5.74, 6) is -0.588. The van der Waals surface area contributed by atoms with Crippen LogP contribution in [0.15, 0.2) is 36.4 Å². The standard InChI is InChI=1S/C35H40Cl2N4O6/c1-22-4-5-24-20-41(34(42)32-28(36)17-25(18-29(32)37)39-8-6-38(7-9-39)10-13-45-3)21-47-33(24)31(22)26-19-30(40-11-14-46-15-12-40)27(35(43)44)16-23(26)2/h4-5,16-19H,6-15,20-21H2,1-3H3,(H,43,44). The number of fused-ring (bicyclic) bond motifs is 1. The van der Waals surface area contributed by atoms with Crippen molar-refractivity contribution < 1.29 is 28.9 Å². The maximum atomic E-state index is 13.9. The third kappa shape index (κ3) is 6.89. The van der Waals surface area contributed by atoms with Crippen LogP contribution in [0.1, 0.15) is 37.4 Å². The van der Waals surface area contributed by atoms with Crippen molar-refractivity contribution in [1.82, 2.24) is 9.80 Å². The molecule has 2 fully saturated rings. The number of carboxylic acids is 1. The highest BCUT2D eigenvalue weighted by molar-refractivity contribution is 6.40. The third-order valence-electron chi connectivity index (χ3n) is 9.24. The zero-order chi connectivity index (χ0) is 33.2. The normalized spacial score (nSPS) is 17.0. The quantitative estimate of drug-likeness (QED) is 0.327. The number of carbonyl (C=O) groups excluding carboxylic acids is 1. The zero-order valence-corrected chi connectivity index (χ0v) is 28.5. The maximum absolute atomic E-state index is 13.9. The summed E-state index contributed by atoms with van der Waals surface area (Å²) in [6, 6.07) is 11.3. The molecule has 0 atom stereocenters. The molecule has 0 bridgehead atoms. The monoisotopic (exact) mass is 682 g/mol. The summed E-state index contributed by atoms with van der Waals surface area (Å²) in [6.45, 7) is 11.6. The van der Waals surface area contributed by atoms with Gasteiger partial charge >= 0.3 is 5.97 Å². The first-order valence-corrected chi connectivity index (χ1v) is 16.6. The van der Waals surface area contributed by atoms with Crippen molar-refractivity contribution in [1.29, 1.82) is 0 Å². The Kier molecular flexibility index (Phi) is 10.1. The Labute approximate surface area is 285 Å². The lowest BCUT2D eigenvalue weighted by atomic mass is 9.90. The molecule has 250 valence electrons. The highest BCUT2D eigenvalue weighted by Crippen LogP contribution is 2.43. The van der Waals surface area contributed by atoms with Crippen LogP contribution in [0.25, 0.3) is 11.1 Å². The molecule has 0 spiro atoms. The minimum absolute atomic E-state index is 0.0166. The molecule has 1 amide bonds. The van der Waals surface area contributed by atoms with E-state index in [1.54, 1.807) is 18.1 Å². The van der Waals surface area contributed by atoms with Crippen LogP contribution in [-0.4, -0.2) is 106 Å². The van der Waals surface area contributed by atoms with Gasteiger partial charge in [0.15, 0.2) is 6.73 Å². The number of halogens is 2. The van der Waals surface area contributed by atoms with Crippen molar-refractivity contribution >= 4 is 46.5 Å². The Balaban J connectivity index is 1.25. The number of hydrogen-bond acceptors (Lipinski definition) is 8. The molecular formula is C35H40Cl2N4O6. The summed E-state index contributed by atoms with van der Waals surface area (Å²) in [6.07, 6.45) is 0. The van der Waals surface area contributed by atoms with Crippen LogP contribution >= 0.6 is 23.2 Å². The number of carboxylic acid groups (broad SMARTS) is 1. The fraction of sp³-hybridized carbons (Fsp3) is 0.429. The van der Waals surface area contributed by atoms with Gasteiger partial charge in [-0.1, -0.05) is 35.3 Å². The average Bonchev–Trinajstić information content (AvgIpc) is 3.07. The summed E-state index contributed by atoms with van der Waals surface area (Å²) in [5.41, 5.74) is 6.51. The smallest absolute Gasteiger partial charge is 0.337 e. The van der Waals surface area contributed by atoms with Crippen LogP contribution in [0.4, 0.5) is 11.4 Å². The summed E-state index contributed by atoms with van der Waals surface area (Å²) in [5, 5.41) is 10.6.